The topological polar surface area (TPSA) is 56.8 Å². The molecule has 0 aromatic heterocycles. The lowest BCUT2D eigenvalue weighted by atomic mass is 9.86. The summed E-state index contributed by atoms with van der Waals surface area (Å²) in [5.41, 5.74) is 2.98. The van der Waals surface area contributed by atoms with Crippen molar-refractivity contribution in [2.75, 3.05) is 19.8 Å². The summed E-state index contributed by atoms with van der Waals surface area (Å²) in [7, 11) is 0. The second-order valence-corrected chi connectivity index (χ2v) is 3.47. The van der Waals surface area contributed by atoms with Gasteiger partial charge < -0.3 is 15.2 Å². The highest BCUT2D eigenvalue weighted by Crippen LogP contribution is 2.38. The van der Waals surface area contributed by atoms with Crippen molar-refractivity contribution in [2.24, 2.45) is 10.7 Å². The lowest BCUT2D eigenvalue weighted by molar-refractivity contribution is 0.0175. The zero-order valence-electron chi connectivity index (χ0n) is 6.84. The first-order valence-electron chi connectivity index (χ1n) is 3.81. The van der Waals surface area contributed by atoms with Crippen LogP contribution in [-0.2, 0) is 9.47 Å². The predicted octanol–water partition coefficient (Wildman–Crippen LogP) is -0.171. The predicted molar refractivity (Wildman–Crippen MR) is 40.6 cm³/mol. The molecule has 0 unspecified atom stereocenters. The Morgan fingerprint density at radius 1 is 1.50 bits per heavy atom. The summed E-state index contributed by atoms with van der Waals surface area (Å²) in [6, 6.07) is 0.0521. The molecule has 12 heavy (non-hydrogen) atoms. The minimum atomic E-state index is -1.50. The number of hydrogen-bond donors (Lipinski definition) is 1. The van der Waals surface area contributed by atoms with Gasteiger partial charge in [0.2, 0.25) is 0 Å². The monoisotopic (exact) mass is 174 g/mol. The van der Waals surface area contributed by atoms with Gasteiger partial charge in [-0.1, -0.05) is 0 Å². The normalized spacial score (nSPS) is 46.3. The number of nitrogens with zero attached hydrogens (tertiary/aromatic N) is 1. The third kappa shape index (κ3) is 0.827. The van der Waals surface area contributed by atoms with Crippen LogP contribution in [0.5, 0.6) is 0 Å². The molecule has 0 amide bonds. The molecular formula is C7H11FN2O2. The van der Waals surface area contributed by atoms with E-state index in [9.17, 15) is 4.39 Å². The van der Waals surface area contributed by atoms with E-state index in [1.54, 1.807) is 6.92 Å². The fraction of sp³-hybridized carbons (Fsp3) is 0.857. The molecule has 0 spiro atoms. The van der Waals surface area contributed by atoms with Crippen LogP contribution in [0.2, 0.25) is 0 Å². The third-order valence-electron chi connectivity index (χ3n) is 2.48. The van der Waals surface area contributed by atoms with Crippen molar-refractivity contribution < 1.29 is 13.9 Å². The fourth-order valence-electron chi connectivity index (χ4n) is 1.49. The van der Waals surface area contributed by atoms with Gasteiger partial charge in [-0.05, 0) is 6.92 Å². The van der Waals surface area contributed by atoms with Crippen LogP contribution in [0.1, 0.15) is 6.92 Å². The SMILES string of the molecule is C[C@]12COC[C@@]1(F)COC(N)=N2. The van der Waals surface area contributed by atoms with E-state index in [-0.39, 0.29) is 25.8 Å². The molecule has 0 bridgehead atoms. The molecule has 5 heteroatoms. The van der Waals surface area contributed by atoms with E-state index < -0.39 is 11.2 Å². The van der Waals surface area contributed by atoms with Crippen LogP contribution in [0.4, 0.5) is 4.39 Å². The van der Waals surface area contributed by atoms with E-state index >= 15 is 0 Å². The van der Waals surface area contributed by atoms with Gasteiger partial charge in [0, 0.05) is 0 Å². The summed E-state index contributed by atoms with van der Waals surface area (Å²) in [6.45, 7) is 1.95. The number of halogens is 1. The van der Waals surface area contributed by atoms with Crippen molar-refractivity contribution in [1.29, 1.82) is 0 Å². The van der Waals surface area contributed by atoms with Crippen molar-refractivity contribution >= 4 is 6.02 Å². The molecule has 1 fully saturated rings. The second kappa shape index (κ2) is 2.10. The van der Waals surface area contributed by atoms with E-state index in [0.717, 1.165) is 0 Å². The molecular weight excluding hydrogens is 163 g/mol. The van der Waals surface area contributed by atoms with E-state index in [1.165, 1.54) is 0 Å². The molecule has 2 heterocycles. The minimum Gasteiger partial charge on any atom is -0.462 e. The number of amidine groups is 1. The first-order valence-corrected chi connectivity index (χ1v) is 3.81. The Kier molecular flexibility index (Phi) is 1.36. The molecule has 2 rings (SSSR count). The van der Waals surface area contributed by atoms with Crippen LogP contribution in [0.15, 0.2) is 4.99 Å². The van der Waals surface area contributed by atoms with Gasteiger partial charge in [0.05, 0.1) is 13.2 Å². The molecule has 2 aliphatic heterocycles. The number of fused-ring (bicyclic) bond motifs is 1. The van der Waals surface area contributed by atoms with Crippen molar-refractivity contribution in [3.05, 3.63) is 0 Å². The Hall–Kier alpha value is -0.840. The molecule has 68 valence electrons. The van der Waals surface area contributed by atoms with E-state index in [0.29, 0.717) is 0 Å². The second-order valence-electron chi connectivity index (χ2n) is 3.47. The van der Waals surface area contributed by atoms with E-state index in [4.69, 9.17) is 15.2 Å². The van der Waals surface area contributed by atoms with Gasteiger partial charge in [0.1, 0.15) is 12.1 Å². The Balaban J connectivity index is 2.38. The van der Waals surface area contributed by atoms with Crippen LogP contribution >= 0.6 is 0 Å². The Morgan fingerprint density at radius 2 is 2.25 bits per heavy atom. The minimum absolute atomic E-state index is 0.0419. The van der Waals surface area contributed by atoms with Crippen LogP contribution < -0.4 is 5.73 Å². The summed E-state index contributed by atoms with van der Waals surface area (Å²) in [5.74, 6) is 0. The number of alkyl halides is 1. The fourth-order valence-corrected chi connectivity index (χ4v) is 1.49. The first kappa shape index (κ1) is 7.79. The summed E-state index contributed by atoms with van der Waals surface area (Å²) in [4.78, 5) is 3.92. The van der Waals surface area contributed by atoms with Crippen LogP contribution in [0, 0.1) is 0 Å². The van der Waals surface area contributed by atoms with Crippen molar-refractivity contribution in [3.8, 4) is 0 Å². The summed E-state index contributed by atoms with van der Waals surface area (Å²) < 4.78 is 23.8. The smallest absolute Gasteiger partial charge is 0.282 e. The molecule has 0 aromatic rings. The van der Waals surface area contributed by atoms with Gasteiger partial charge in [0.15, 0.2) is 5.67 Å². The molecule has 0 aliphatic carbocycles. The van der Waals surface area contributed by atoms with Gasteiger partial charge in [0.25, 0.3) is 6.02 Å². The van der Waals surface area contributed by atoms with Gasteiger partial charge >= 0.3 is 0 Å². The Labute approximate surface area is 69.5 Å². The van der Waals surface area contributed by atoms with Gasteiger partial charge in [-0.25, -0.2) is 9.38 Å². The van der Waals surface area contributed by atoms with Crippen molar-refractivity contribution in [3.63, 3.8) is 0 Å². The molecule has 2 N–H and O–H groups in total. The number of aliphatic imine (C=N–C) groups is 1. The Bertz CT molecular complexity index is 246. The zero-order chi connectivity index (χ0) is 8.82. The number of ether oxygens (including phenoxy) is 2. The summed E-state index contributed by atoms with van der Waals surface area (Å²) >= 11 is 0. The largest absolute Gasteiger partial charge is 0.462 e. The number of nitrogens with two attached hydrogens (primary N) is 1. The molecule has 2 aliphatic rings. The third-order valence-corrected chi connectivity index (χ3v) is 2.48. The molecule has 1 saturated heterocycles. The highest BCUT2D eigenvalue weighted by atomic mass is 19.1. The standard InChI is InChI=1S/C7H11FN2O2/c1-6-2-11-3-7(6,8)4-12-5(9)10-6/h2-4H2,1H3,(H2,9,10)/t6-,7+/m0/s1. The van der Waals surface area contributed by atoms with E-state index in [2.05, 4.69) is 4.99 Å². The molecule has 0 saturated carbocycles. The maximum absolute atomic E-state index is 13.9. The summed E-state index contributed by atoms with van der Waals surface area (Å²) in [6.07, 6.45) is 0. The zero-order valence-corrected chi connectivity index (χ0v) is 6.84. The molecule has 4 nitrogen and oxygen atoms in total. The van der Waals surface area contributed by atoms with Crippen LogP contribution in [0.3, 0.4) is 0 Å². The van der Waals surface area contributed by atoms with E-state index in [1.807, 2.05) is 0 Å². The first-order chi connectivity index (χ1) is 5.56. The van der Waals surface area contributed by atoms with Crippen molar-refractivity contribution in [1.82, 2.24) is 0 Å². The van der Waals surface area contributed by atoms with Gasteiger partial charge in [-0.2, -0.15) is 0 Å². The van der Waals surface area contributed by atoms with Crippen molar-refractivity contribution in [2.45, 2.75) is 18.1 Å². The van der Waals surface area contributed by atoms with Crippen LogP contribution in [0.25, 0.3) is 0 Å². The average molecular weight is 174 g/mol. The molecule has 0 radical (unpaired) electrons. The highest BCUT2D eigenvalue weighted by molar-refractivity contribution is 5.73. The van der Waals surface area contributed by atoms with Crippen LogP contribution in [-0.4, -0.2) is 37.1 Å². The number of hydrogen-bond acceptors (Lipinski definition) is 4. The quantitative estimate of drug-likeness (QED) is 0.554. The lowest BCUT2D eigenvalue weighted by Crippen LogP contribution is -2.54. The average Bonchev–Trinajstić information content (AvgIpc) is 2.26. The highest BCUT2D eigenvalue weighted by Gasteiger charge is 2.57. The van der Waals surface area contributed by atoms with Gasteiger partial charge in [-0.15, -0.1) is 0 Å². The number of rotatable bonds is 0. The molecule has 0 aromatic carbocycles. The maximum Gasteiger partial charge on any atom is 0.282 e. The lowest BCUT2D eigenvalue weighted by Gasteiger charge is -2.35. The van der Waals surface area contributed by atoms with Gasteiger partial charge in [-0.3, -0.25) is 0 Å². The summed E-state index contributed by atoms with van der Waals surface area (Å²) in [5, 5.41) is 0. The molecule has 2 atom stereocenters. The maximum atomic E-state index is 13.9. The Morgan fingerprint density at radius 3 is 3.00 bits per heavy atom.